The highest BCUT2D eigenvalue weighted by Crippen LogP contribution is 2.33. The van der Waals surface area contributed by atoms with Gasteiger partial charge in [0.2, 0.25) is 6.79 Å². The summed E-state index contributed by atoms with van der Waals surface area (Å²) in [4.78, 5) is 0. The smallest absolute Gasteiger partial charge is 0.231 e. The molecule has 0 aliphatic carbocycles. The van der Waals surface area contributed by atoms with Crippen LogP contribution in [-0.2, 0) is 6.42 Å². The van der Waals surface area contributed by atoms with Crippen LogP contribution >= 0.6 is 0 Å². The molecule has 24 heavy (non-hydrogen) atoms. The van der Waals surface area contributed by atoms with Crippen molar-refractivity contribution < 1.29 is 14.6 Å². The van der Waals surface area contributed by atoms with Gasteiger partial charge in [0.25, 0.3) is 0 Å². The second-order valence-corrected chi connectivity index (χ2v) is 6.51. The summed E-state index contributed by atoms with van der Waals surface area (Å²) in [5.41, 5.74) is 2.09. The van der Waals surface area contributed by atoms with E-state index in [0.29, 0.717) is 13.2 Å². The molecule has 2 rings (SSSR count). The Balaban J connectivity index is 1.85. The summed E-state index contributed by atoms with van der Waals surface area (Å²) >= 11 is 0. The number of aliphatic hydroxyl groups is 1. The zero-order chi connectivity index (χ0) is 17.4. The average Bonchev–Trinajstić information content (AvgIpc) is 3.06. The Kier molecular flexibility index (Phi) is 6.92. The first kappa shape index (κ1) is 18.6. The summed E-state index contributed by atoms with van der Waals surface area (Å²) in [6, 6.07) is 6.16. The van der Waals surface area contributed by atoms with E-state index in [1.807, 2.05) is 19.1 Å². The van der Waals surface area contributed by atoms with Gasteiger partial charge in [0.05, 0.1) is 5.60 Å². The summed E-state index contributed by atoms with van der Waals surface area (Å²) in [6.07, 6.45) is 10.4. The molecule has 1 unspecified atom stereocenters. The van der Waals surface area contributed by atoms with Gasteiger partial charge in [0, 0.05) is 0 Å². The van der Waals surface area contributed by atoms with Crippen molar-refractivity contribution in [1.82, 2.24) is 0 Å². The molecule has 0 aromatic heterocycles. The summed E-state index contributed by atoms with van der Waals surface area (Å²) < 4.78 is 10.8. The summed E-state index contributed by atoms with van der Waals surface area (Å²) in [6.45, 7) is 8.30. The molecular formula is C21H30O3. The third-order valence-electron chi connectivity index (χ3n) is 4.85. The van der Waals surface area contributed by atoms with Gasteiger partial charge >= 0.3 is 0 Å². The van der Waals surface area contributed by atoms with E-state index in [2.05, 4.69) is 31.7 Å². The lowest BCUT2D eigenvalue weighted by molar-refractivity contribution is 0.0306. The lowest BCUT2D eigenvalue weighted by Crippen LogP contribution is -2.26. The molecule has 1 N–H and O–H groups in total. The number of ether oxygens (including phenoxy) is 2. The second kappa shape index (κ2) is 8.93. The Bertz CT molecular complexity index is 576. The van der Waals surface area contributed by atoms with Crippen molar-refractivity contribution in [1.29, 1.82) is 0 Å². The van der Waals surface area contributed by atoms with Gasteiger partial charge in [-0.1, -0.05) is 37.6 Å². The van der Waals surface area contributed by atoms with Gasteiger partial charge in [-0.3, -0.25) is 0 Å². The first-order chi connectivity index (χ1) is 11.6. The molecule has 1 aromatic carbocycles. The minimum Gasteiger partial charge on any atom is -0.454 e. The summed E-state index contributed by atoms with van der Waals surface area (Å²) in [7, 11) is 0. The van der Waals surface area contributed by atoms with Crippen molar-refractivity contribution in [3.8, 4) is 11.5 Å². The Morgan fingerprint density at radius 3 is 2.79 bits per heavy atom. The third kappa shape index (κ3) is 5.13. The first-order valence-electron chi connectivity index (χ1n) is 9.00. The van der Waals surface area contributed by atoms with Crippen LogP contribution in [0.3, 0.4) is 0 Å². The molecule has 1 atom stereocenters. The molecule has 0 bridgehead atoms. The zero-order valence-corrected chi connectivity index (χ0v) is 15.0. The van der Waals surface area contributed by atoms with Crippen LogP contribution in [0.2, 0.25) is 0 Å². The van der Waals surface area contributed by atoms with Gasteiger partial charge in [0.1, 0.15) is 0 Å². The van der Waals surface area contributed by atoms with E-state index in [-0.39, 0.29) is 0 Å². The van der Waals surface area contributed by atoms with E-state index in [1.54, 1.807) is 0 Å². The number of hydrogen-bond donors (Lipinski definition) is 1. The van der Waals surface area contributed by atoms with Gasteiger partial charge in [-0.15, -0.1) is 6.58 Å². The van der Waals surface area contributed by atoms with E-state index < -0.39 is 5.60 Å². The fraction of sp³-hybridized carbons (Fsp3) is 0.524. The van der Waals surface area contributed by atoms with E-state index in [1.165, 1.54) is 11.1 Å². The average molecular weight is 330 g/mol. The van der Waals surface area contributed by atoms with Gasteiger partial charge in [-0.25, -0.2) is 0 Å². The van der Waals surface area contributed by atoms with Crippen LogP contribution in [0.15, 0.2) is 42.5 Å². The predicted molar refractivity (Wildman–Crippen MR) is 98.5 cm³/mol. The molecule has 132 valence electrons. The van der Waals surface area contributed by atoms with Crippen molar-refractivity contribution in [3.63, 3.8) is 0 Å². The molecule has 1 aliphatic heterocycles. The monoisotopic (exact) mass is 330 g/mol. The fourth-order valence-electron chi connectivity index (χ4n) is 3.05. The minimum atomic E-state index is -0.604. The maximum atomic E-state index is 10.5. The maximum Gasteiger partial charge on any atom is 0.231 e. The van der Waals surface area contributed by atoms with Crippen LogP contribution in [0.25, 0.3) is 0 Å². The molecule has 0 spiro atoms. The van der Waals surface area contributed by atoms with Crippen molar-refractivity contribution in [3.05, 3.63) is 48.1 Å². The van der Waals surface area contributed by atoms with Crippen LogP contribution < -0.4 is 9.47 Å². The molecule has 3 heteroatoms. The number of aryl methyl sites for hydroxylation is 1. The molecule has 3 nitrogen and oxygen atoms in total. The van der Waals surface area contributed by atoms with Crippen LogP contribution in [0.1, 0.15) is 57.9 Å². The van der Waals surface area contributed by atoms with Gasteiger partial charge < -0.3 is 14.6 Å². The van der Waals surface area contributed by atoms with Gasteiger partial charge in [-0.05, 0) is 62.6 Å². The molecule has 0 saturated heterocycles. The molecule has 0 fully saturated rings. The number of fused-ring (bicyclic) bond motifs is 1. The van der Waals surface area contributed by atoms with E-state index in [0.717, 1.165) is 50.0 Å². The highest BCUT2D eigenvalue weighted by Gasteiger charge is 2.22. The number of hydrogen-bond acceptors (Lipinski definition) is 3. The van der Waals surface area contributed by atoms with E-state index >= 15 is 0 Å². The second-order valence-electron chi connectivity index (χ2n) is 6.51. The van der Waals surface area contributed by atoms with Crippen LogP contribution in [-0.4, -0.2) is 17.5 Å². The van der Waals surface area contributed by atoms with E-state index in [4.69, 9.17) is 9.47 Å². The predicted octanol–water partition coefficient (Wildman–Crippen LogP) is 5.18. The highest BCUT2D eigenvalue weighted by molar-refractivity contribution is 5.44. The van der Waals surface area contributed by atoms with Crippen LogP contribution in [0, 0.1) is 0 Å². The normalized spacial score (nSPS) is 16.0. The van der Waals surface area contributed by atoms with Crippen molar-refractivity contribution in [2.45, 2.75) is 64.4 Å². The largest absolute Gasteiger partial charge is 0.454 e. The van der Waals surface area contributed by atoms with Gasteiger partial charge in [-0.2, -0.15) is 0 Å². The van der Waals surface area contributed by atoms with Crippen LogP contribution in [0.4, 0.5) is 0 Å². The summed E-state index contributed by atoms with van der Waals surface area (Å²) in [5.74, 6) is 1.69. The lowest BCUT2D eigenvalue weighted by atomic mass is 9.88. The Morgan fingerprint density at radius 1 is 1.29 bits per heavy atom. The lowest BCUT2D eigenvalue weighted by Gasteiger charge is -2.25. The third-order valence-corrected chi connectivity index (χ3v) is 4.85. The quantitative estimate of drug-likeness (QED) is 0.601. The fourth-order valence-corrected chi connectivity index (χ4v) is 3.05. The number of rotatable bonds is 10. The van der Waals surface area contributed by atoms with Crippen molar-refractivity contribution >= 4 is 0 Å². The molecule has 1 aliphatic rings. The molecule has 0 amide bonds. The molecule has 1 heterocycles. The highest BCUT2D eigenvalue weighted by atomic mass is 16.7. The van der Waals surface area contributed by atoms with Crippen LogP contribution in [0.5, 0.6) is 11.5 Å². The SMILES string of the molecule is C=CCC(O)(CC)CC/C(=C/CCc1ccc2c(c1)OCO2)CC. The molecule has 0 saturated carbocycles. The maximum absolute atomic E-state index is 10.5. The summed E-state index contributed by atoms with van der Waals surface area (Å²) in [5, 5.41) is 10.5. The van der Waals surface area contributed by atoms with Crippen molar-refractivity contribution in [2.75, 3.05) is 6.79 Å². The molecular weight excluding hydrogens is 300 g/mol. The Hall–Kier alpha value is -1.74. The number of benzene rings is 1. The molecule has 0 radical (unpaired) electrons. The first-order valence-corrected chi connectivity index (χ1v) is 9.00. The Morgan fingerprint density at radius 2 is 2.08 bits per heavy atom. The van der Waals surface area contributed by atoms with E-state index in [9.17, 15) is 5.11 Å². The number of allylic oxidation sites excluding steroid dienone is 2. The topological polar surface area (TPSA) is 38.7 Å². The Labute approximate surface area is 146 Å². The molecule has 1 aromatic rings. The standard InChI is InChI=1S/C21H30O3/c1-4-13-21(22,6-3)14-12-17(5-2)8-7-9-18-10-11-19-20(15-18)24-16-23-19/h4,8,10-11,15,22H,1,5-7,9,12-14,16H2,2-3H3/b17-8+. The van der Waals surface area contributed by atoms with Crippen molar-refractivity contribution in [2.24, 2.45) is 0 Å². The van der Waals surface area contributed by atoms with Gasteiger partial charge in [0.15, 0.2) is 11.5 Å². The minimum absolute atomic E-state index is 0.323. The zero-order valence-electron chi connectivity index (χ0n) is 15.0.